The Morgan fingerprint density at radius 1 is 1.37 bits per heavy atom. The van der Waals surface area contributed by atoms with E-state index in [0.29, 0.717) is 0 Å². The highest BCUT2D eigenvalue weighted by Gasteiger charge is 2.68. The molecular formula is C21H30O6. The van der Waals surface area contributed by atoms with Crippen LogP contribution in [0.1, 0.15) is 57.8 Å². The second kappa shape index (κ2) is 5.96. The van der Waals surface area contributed by atoms with E-state index in [2.05, 4.69) is 0 Å². The Balaban J connectivity index is 2.00. The lowest BCUT2D eigenvalue weighted by atomic mass is 9.45. The third-order valence-corrected chi connectivity index (χ3v) is 7.77. The molecule has 0 bridgehead atoms. The number of ketones is 2. The molecule has 4 rings (SSSR count). The molecule has 27 heavy (non-hydrogen) atoms. The van der Waals surface area contributed by atoms with Crippen LogP contribution in [0.2, 0.25) is 0 Å². The Kier molecular flexibility index (Phi) is 3.28. The zero-order chi connectivity index (χ0) is 23.4. The van der Waals surface area contributed by atoms with Crippen LogP contribution in [0.4, 0.5) is 0 Å². The highest BCUT2D eigenvalue weighted by Crippen LogP contribution is 2.67. The van der Waals surface area contributed by atoms with Crippen molar-refractivity contribution in [1.82, 2.24) is 0 Å². The van der Waals surface area contributed by atoms with Crippen LogP contribution in [-0.4, -0.2) is 56.4 Å². The van der Waals surface area contributed by atoms with Gasteiger partial charge < -0.3 is 20.4 Å². The summed E-state index contributed by atoms with van der Waals surface area (Å²) < 4.78 is 36.1. The molecule has 3 fully saturated rings. The van der Waals surface area contributed by atoms with E-state index >= 15 is 0 Å². The summed E-state index contributed by atoms with van der Waals surface area (Å²) in [5, 5.41) is 43.2. The molecule has 0 aromatic rings. The lowest BCUT2D eigenvalue weighted by Gasteiger charge is -2.61. The zero-order valence-electron chi connectivity index (χ0n) is 19.7. The molecule has 0 amide bonds. The summed E-state index contributed by atoms with van der Waals surface area (Å²) in [5.74, 6) is -5.09. The summed E-state index contributed by atoms with van der Waals surface area (Å²) in [6.07, 6.45) is -5.87. The number of carbonyl (C=O) groups is 2. The SMILES string of the molecule is [2H]C1([2H])[C@]([2H])(O)[C@@]2([2H])C(CC(O)C3=CC(=O)CC[C@@]32C)C2CC[C@](O)(C(=O)CO)[C@]21C. The first-order valence-electron chi connectivity index (χ1n) is 11.6. The molecule has 3 saturated carbocycles. The number of rotatable bonds is 2. The van der Waals surface area contributed by atoms with Crippen LogP contribution in [0, 0.1) is 28.6 Å². The predicted molar refractivity (Wildman–Crippen MR) is 96.5 cm³/mol. The molecule has 0 spiro atoms. The van der Waals surface area contributed by atoms with E-state index in [-0.39, 0.29) is 43.5 Å². The predicted octanol–water partition coefficient (Wildman–Crippen LogP) is 0.752. The average Bonchev–Trinajstić information content (AvgIpc) is 2.98. The molecule has 0 radical (unpaired) electrons. The van der Waals surface area contributed by atoms with E-state index in [9.17, 15) is 31.4 Å². The Bertz CT molecular complexity index is 889. The number of hydrogen-bond acceptors (Lipinski definition) is 6. The van der Waals surface area contributed by atoms with Gasteiger partial charge in [0, 0.05) is 15.9 Å². The van der Waals surface area contributed by atoms with Gasteiger partial charge in [0.2, 0.25) is 0 Å². The Hall–Kier alpha value is -1.08. The lowest BCUT2D eigenvalue weighted by Crippen LogP contribution is -2.63. The molecule has 8 atom stereocenters. The molecule has 4 N–H and O–H groups in total. The fourth-order valence-corrected chi connectivity index (χ4v) is 6.27. The van der Waals surface area contributed by atoms with Crippen LogP contribution < -0.4 is 0 Å². The highest BCUT2D eigenvalue weighted by molar-refractivity contribution is 5.92. The molecule has 0 heterocycles. The van der Waals surface area contributed by atoms with Gasteiger partial charge in [-0.3, -0.25) is 9.59 Å². The van der Waals surface area contributed by atoms with Crippen molar-refractivity contribution >= 4 is 11.6 Å². The van der Waals surface area contributed by atoms with Gasteiger partial charge in [0.25, 0.3) is 0 Å². The van der Waals surface area contributed by atoms with E-state index in [0.717, 1.165) is 0 Å². The molecule has 150 valence electrons. The average molecular weight is 382 g/mol. The van der Waals surface area contributed by atoms with Gasteiger partial charge in [0.1, 0.15) is 12.2 Å². The quantitative estimate of drug-likeness (QED) is 0.560. The topological polar surface area (TPSA) is 115 Å². The van der Waals surface area contributed by atoms with E-state index in [1.807, 2.05) is 0 Å². The van der Waals surface area contributed by atoms with Gasteiger partial charge in [-0.25, -0.2) is 0 Å². The van der Waals surface area contributed by atoms with E-state index < -0.39 is 65.1 Å². The van der Waals surface area contributed by atoms with Crippen LogP contribution in [0.25, 0.3) is 0 Å². The van der Waals surface area contributed by atoms with Crippen LogP contribution in [0.5, 0.6) is 0 Å². The summed E-state index contributed by atoms with van der Waals surface area (Å²) in [7, 11) is 0. The second-order valence-electron chi connectivity index (χ2n) is 8.93. The standard InChI is InChI=1S/C21H30O6/c1-19-5-3-11(23)7-14(19)15(24)8-12-13-4-6-21(27,17(26)10-22)20(13,2)9-16(25)18(12)19/h7,12-13,15-16,18,22,24-25,27H,3-6,8-10H2,1-2H3/t12?,13?,15?,16-,18+,19-,20-,21-/m0/s1/i9D2,16D,18D. The number of aliphatic hydroxyl groups excluding tert-OH is 2. The fraction of sp³-hybridized carbons (Fsp3) is 0.810. The molecule has 3 unspecified atom stereocenters. The minimum atomic E-state index is -3.08. The van der Waals surface area contributed by atoms with Gasteiger partial charge in [-0.15, -0.1) is 0 Å². The van der Waals surface area contributed by atoms with Crippen LogP contribution >= 0.6 is 0 Å². The summed E-state index contributed by atoms with van der Waals surface area (Å²) >= 11 is 0. The van der Waals surface area contributed by atoms with Crippen molar-refractivity contribution in [2.75, 3.05) is 6.61 Å². The van der Waals surface area contributed by atoms with Gasteiger partial charge in [-0.1, -0.05) is 13.8 Å². The first kappa shape index (κ1) is 14.9. The van der Waals surface area contributed by atoms with Gasteiger partial charge in [-0.2, -0.15) is 0 Å². The molecule has 0 aromatic carbocycles. The maximum absolute atomic E-state index is 12.6. The van der Waals surface area contributed by atoms with Crippen molar-refractivity contribution in [3.05, 3.63) is 11.6 Å². The maximum Gasteiger partial charge on any atom is 0.190 e. The van der Waals surface area contributed by atoms with Crippen LogP contribution in [0.15, 0.2) is 11.6 Å². The summed E-state index contributed by atoms with van der Waals surface area (Å²) in [5.41, 5.74) is -5.40. The van der Waals surface area contributed by atoms with Crippen LogP contribution in [-0.2, 0) is 9.59 Å². The van der Waals surface area contributed by atoms with Gasteiger partial charge in [0.05, 0.1) is 13.6 Å². The first-order chi connectivity index (χ1) is 14.1. The Labute approximate surface area is 164 Å². The summed E-state index contributed by atoms with van der Waals surface area (Å²) in [6, 6.07) is 0. The number of fused-ring (bicyclic) bond motifs is 5. The summed E-state index contributed by atoms with van der Waals surface area (Å²) in [6.45, 7) is 1.88. The lowest BCUT2D eigenvalue weighted by molar-refractivity contribution is -0.187. The number of carbonyl (C=O) groups excluding carboxylic acids is 2. The zero-order valence-corrected chi connectivity index (χ0v) is 15.7. The van der Waals surface area contributed by atoms with Crippen molar-refractivity contribution in [3.63, 3.8) is 0 Å². The van der Waals surface area contributed by atoms with Gasteiger partial charge in [-0.05, 0) is 66.9 Å². The normalized spacial score (nSPS) is 61.3. The number of hydrogen-bond donors (Lipinski definition) is 4. The van der Waals surface area contributed by atoms with Crippen molar-refractivity contribution in [3.8, 4) is 0 Å². The molecule has 4 aliphatic rings. The molecule has 6 nitrogen and oxygen atoms in total. The fourth-order valence-electron chi connectivity index (χ4n) is 6.27. The van der Waals surface area contributed by atoms with E-state index in [4.69, 9.17) is 4.11 Å². The Morgan fingerprint density at radius 2 is 2.07 bits per heavy atom. The third kappa shape index (κ3) is 2.33. The first-order valence-corrected chi connectivity index (χ1v) is 9.60. The minimum Gasteiger partial charge on any atom is -0.393 e. The molecule has 0 aromatic heterocycles. The van der Waals surface area contributed by atoms with Crippen LogP contribution in [0.3, 0.4) is 0 Å². The third-order valence-electron chi connectivity index (χ3n) is 7.77. The highest BCUT2D eigenvalue weighted by atomic mass is 16.3. The number of Topliss-reactive ketones (excluding diaryl/α,β-unsaturated/α-hetero) is 1. The van der Waals surface area contributed by atoms with E-state index in [1.165, 1.54) is 13.0 Å². The van der Waals surface area contributed by atoms with Crippen molar-refractivity contribution in [2.45, 2.75) is 70.1 Å². The second-order valence-corrected chi connectivity index (χ2v) is 8.93. The molecule has 0 aliphatic heterocycles. The van der Waals surface area contributed by atoms with Crippen molar-refractivity contribution in [1.29, 1.82) is 0 Å². The van der Waals surface area contributed by atoms with Gasteiger partial charge in [0.15, 0.2) is 11.6 Å². The minimum absolute atomic E-state index is 0.0496. The van der Waals surface area contributed by atoms with Gasteiger partial charge >= 0.3 is 0 Å². The molecule has 6 heteroatoms. The number of aliphatic hydroxyl groups is 4. The smallest absolute Gasteiger partial charge is 0.190 e. The molecule has 0 saturated heterocycles. The molecule has 4 aliphatic carbocycles. The largest absolute Gasteiger partial charge is 0.393 e. The maximum atomic E-state index is 12.6. The van der Waals surface area contributed by atoms with Crippen molar-refractivity contribution < 1.29 is 35.5 Å². The Morgan fingerprint density at radius 3 is 2.74 bits per heavy atom. The monoisotopic (exact) mass is 382 g/mol. The molecular weight excluding hydrogens is 348 g/mol. The van der Waals surface area contributed by atoms with E-state index in [1.54, 1.807) is 6.92 Å². The van der Waals surface area contributed by atoms with Crippen molar-refractivity contribution in [2.24, 2.45) is 28.6 Å². The summed E-state index contributed by atoms with van der Waals surface area (Å²) in [4.78, 5) is 24.6.